The van der Waals surface area contributed by atoms with Crippen LogP contribution in [0, 0.1) is 15.9 Å². The highest BCUT2D eigenvalue weighted by Gasteiger charge is 2.13. The molecular formula is C16H17FN2O2. The average molecular weight is 288 g/mol. The van der Waals surface area contributed by atoms with Crippen LogP contribution in [0.1, 0.15) is 24.5 Å². The van der Waals surface area contributed by atoms with Crippen LogP contribution in [0.3, 0.4) is 0 Å². The lowest BCUT2D eigenvalue weighted by Crippen LogP contribution is -2.03. The number of nitro groups is 1. The third kappa shape index (κ3) is 3.78. The normalized spacial score (nSPS) is 10.4. The Morgan fingerprint density at radius 3 is 2.67 bits per heavy atom. The standard InChI is InChI=1S/C16H17FN2O2/c1-2-5-13-6-3-4-7-15(13)18-11-12-8-9-16(19(20)21)14(17)10-12/h3-4,6-10,18H,2,5,11H2,1H3. The van der Waals surface area contributed by atoms with E-state index in [1.54, 1.807) is 6.07 Å². The smallest absolute Gasteiger partial charge is 0.304 e. The first kappa shape index (κ1) is 15.0. The first-order valence-electron chi connectivity index (χ1n) is 6.86. The van der Waals surface area contributed by atoms with Gasteiger partial charge < -0.3 is 5.32 Å². The van der Waals surface area contributed by atoms with Crippen molar-refractivity contribution in [2.24, 2.45) is 0 Å². The van der Waals surface area contributed by atoms with Crippen LogP contribution >= 0.6 is 0 Å². The SMILES string of the molecule is CCCc1ccccc1NCc1ccc([N+](=O)[O-])c(F)c1. The Labute approximate surface area is 122 Å². The van der Waals surface area contributed by atoms with E-state index in [9.17, 15) is 14.5 Å². The molecule has 0 aliphatic carbocycles. The minimum Gasteiger partial charge on any atom is -0.381 e. The highest BCUT2D eigenvalue weighted by atomic mass is 19.1. The van der Waals surface area contributed by atoms with Crippen LogP contribution in [0.25, 0.3) is 0 Å². The molecule has 0 heterocycles. The Morgan fingerprint density at radius 2 is 2.00 bits per heavy atom. The molecule has 0 unspecified atom stereocenters. The number of benzene rings is 2. The Bertz CT molecular complexity index is 644. The van der Waals surface area contributed by atoms with Gasteiger partial charge in [-0.15, -0.1) is 0 Å². The summed E-state index contributed by atoms with van der Waals surface area (Å²) in [7, 11) is 0. The van der Waals surface area contributed by atoms with Gasteiger partial charge in [-0.3, -0.25) is 10.1 Å². The zero-order valence-electron chi connectivity index (χ0n) is 11.8. The number of hydrogen-bond donors (Lipinski definition) is 1. The zero-order valence-corrected chi connectivity index (χ0v) is 11.8. The second kappa shape index (κ2) is 6.83. The summed E-state index contributed by atoms with van der Waals surface area (Å²) in [4.78, 5) is 9.86. The number of aryl methyl sites for hydroxylation is 1. The van der Waals surface area contributed by atoms with E-state index in [1.807, 2.05) is 18.2 Å². The second-order valence-corrected chi connectivity index (χ2v) is 4.80. The first-order chi connectivity index (χ1) is 10.1. The van der Waals surface area contributed by atoms with Crippen molar-refractivity contribution in [3.8, 4) is 0 Å². The van der Waals surface area contributed by atoms with Gasteiger partial charge in [-0.05, 0) is 29.7 Å². The molecule has 0 spiro atoms. The molecule has 21 heavy (non-hydrogen) atoms. The van der Waals surface area contributed by atoms with Gasteiger partial charge in [0.2, 0.25) is 5.82 Å². The Kier molecular flexibility index (Phi) is 4.87. The molecule has 0 fully saturated rings. The lowest BCUT2D eigenvalue weighted by atomic mass is 10.1. The van der Waals surface area contributed by atoms with Crippen molar-refractivity contribution in [3.63, 3.8) is 0 Å². The summed E-state index contributed by atoms with van der Waals surface area (Å²) >= 11 is 0. The fraction of sp³-hybridized carbons (Fsp3) is 0.250. The predicted octanol–water partition coefficient (Wildman–Crippen LogP) is 4.30. The van der Waals surface area contributed by atoms with Crippen molar-refractivity contribution in [1.82, 2.24) is 0 Å². The van der Waals surface area contributed by atoms with E-state index in [1.165, 1.54) is 17.7 Å². The molecular weight excluding hydrogens is 271 g/mol. The summed E-state index contributed by atoms with van der Waals surface area (Å²) in [6, 6.07) is 11.9. The fourth-order valence-electron chi connectivity index (χ4n) is 2.19. The van der Waals surface area contributed by atoms with Crippen LogP contribution in [0.4, 0.5) is 15.8 Å². The molecule has 0 bridgehead atoms. The molecule has 0 atom stereocenters. The number of nitrogens with one attached hydrogen (secondary N) is 1. The lowest BCUT2D eigenvalue weighted by molar-refractivity contribution is -0.387. The van der Waals surface area contributed by atoms with E-state index in [4.69, 9.17) is 0 Å². The van der Waals surface area contributed by atoms with Gasteiger partial charge in [0.05, 0.1) is 4.92 Å². The van der Waals surface area contributed by atoms with Crippen molar-refractivity contribution >= 4 is 11.4 Å². The number of para-hydroxylation sites is 1. The molecule has 1 N–H and O–H groups in total. The lowest BCUT2D eigenvalue weighted by Gasteiger charge is -2.11. The number of anilines is 1. The number of nitrogens with zero attached hydrogens (tertiary/aromatic N) is 1. The number of hydrogen-bond acceptors (Lipinski definition) is 3. The van der Waals surface area contributed by atoms with Gasteiger partial charge in [0, 0.05) is 18.3 Å². The summed E-state index contributed by atoms with van der Waals surface area (Å²) in [5.41, 5.74) is 2.40. The van der Waals surface area contributed by atoms with Gasteiger partial charge in [-0.25, -0.2) is 0 Å². The molecule has 2 aromatic carbocycles. The number of nitro benzene ring substituents is 1. The predicted molar refractivity (Wildman–Crippen MR) is 80.8 cm³/mol. The highest BCUT2D eigenvalue weighted by Crippen LogP contribution is 2.21. The van der Waals surface area contributed by atoms with E-state index >= 15 is 0 Å². The van der Waals surface area contributed by atoms with E-state index in [2.05, 4.69) is 18.3 Å². The van der Waals surface area contributed by atoms with Crippen molar-refractivity contribution in [2.75, 3.05) is 5.32 Å². The maximum Gasteiger partial charge on any atom is 0.304 e. The molecule has 0 aliphatic heterocycles. The van der Waals surface area contributed by atoms with E-state index in [0.29, 0.717) is 12.1 Å². The minimum atomic E-state index is -0.804. The topological polar surface area (TPSA) is 55.2 Å². The molecule has 4 nitrogen and oxygen atoms in total. The monoisotopic (exact) mass is 288 g/mol. The highest BCUT2D eigenvalue weighted by molar-refractivity contribution is 5.51. The van der Waals surface area contributed by atoms with Gasteiger partial charge in [0.15, 0.2) is 0 Å². The van der Waals surface area contributed by atoms with Crippen LogP contribution in [-0.2, 0) is 13.0 Å². The van der Waals surface area contributed by atoms with Crippen LogP contribution in [0.15, 0.2) is 42.5 Å². The minimum absolute atomic E-state index is 0.426. The Balaban J connectivity index is 2.10. The summed E-state index contributed by atoms with van der Waals surface area (Å²) in [5.74, 6) is -0.804. The van der Waals surface area contributed by atoms with Gasteiger partial charge >= 0.3 is 5.69 Å². The molecule has 110 valence electrons. The molecule has 5 heteroatoms. The zero-order chi connectivity index (χ0) is 15.2. The van der Waals surface area contributed by atoms with Gasteiger partial charge in [0.1, 0.15) is 0 Å². The van der Waals surface area contributed by atoms with Gasteiger partial charge in [-0.1, -0.05) is 37.6 Å². The molecule has 0 radical (unpaired) electrons. The molecule has 0 amide bonds. The fourth-order valence-corrected chi connectivity index (χ4v) is 2.19. The molecule has 2 rings (SSSR count). The van der Waals surface area contributed by atoms with Gasteiger partial charge in [0.25, 0.3) is 0 Å². The summed E-state index contributed by atoms with van der Waals surface area (Å²) in [6.07, 6.45) is 2.02. The molecule has 2 aromatic rings. The van der Waals surface area contributed by atoms with Crippen molar-refractivity contribution in [2.45, 2.75) is 26.3 Å². The summed E-state index contributed by atoms with van der Waals surface area (Å²) in [5, 5.41) is 13.8. The summed E-state index contributed by atoms with van der Waals surface area (Å²) in [6.45, 7) is 2.54. The van der Waals surface area contributed by atoms with Crippen molar-refractivity contribution < 1.29 is 9.31 Å². The molecule has 0 aromatic heterocycles. The molecule has 0 saturated heterocycles. The Morgan fingerprint density at radius 1 is 1.24 bits per heavy atom. The Hall–Kier alpha value is -2.43. The third-order valence-corrected chi connectivity index (χ3v) is 3.23. The van der Waals surface area contributed by atoms with Crippen molar-refractivity contribution in [1.29, 1.82) is 0 Å². The van der Waals surface area contributed by atoms with Crippen molar-refractivity contribution in [3.05, 3.63) is 69.5 Å². The maximum absolute atomic E-state index is 13.6. The number of halogens is 1. The largest absolute Gasteiger partial charge is 0.381 e. The first-order valence-corrected chi connectivity index (χ1v) is 6.86. The van der Waals surface area contributed by atoms with Crippen LogP contribution in [-0.4, -0.2) is 4.92 Å². The summed E-state index contributed by atoms with van der Waals surface area (Å²) < 4.78 is 13.6. The van der Waals surface area contributed by atoms with Crippen LogP contribution in [0.5, 0.6) is 0 Å². The van der Waals surface area contributed by atoms with Gasteiger partial charge in [-0.2, -0.15) is 4.39 Å². The van der Waals surface area contributed by atoms with E-state index < -0.39 is 16.4 Å². The maximum atomic E-state index is 13.6. The third-order valence-electron chi connectivity index (χ3n) is 3.23. The number of rotatable bonds is 6. The second-order valence-electron chi connectivity index (χ2n) is 4.80. The molecule has 0 saturated carbocycles. The van der Waals surface area contributed by atoms with E-state index in [-0.39, 0.29) is 0 Å². The molecule has 0 aliphatic rings. The average Bonchev–Trinajstić information content (AvgIpc) is 2.46. The van der Waals surface area contributed by atoms with E-state index in [0.717, 1.165) is 18.5 Å². The van der Waals surface area contributed by atoms with Crippen LogP contribution < -0.4 is 5.32 Å². The van der Waals surface area contributed by atoms with Crippen LogP contribution in [0.2, 0.25) is 0 Å². The quantitative estimate of drug-likeness (QED) is 0.637.